The lowest BCUT2D eigenvalue weighted by molar-refractivity contribution is -0.386. The Bertz CT molecular complexity index is 1180. The van der Waals surface area contributed by atoms with Crippen LogP contribution in [0.15, 0.2) is 51.1 Å². The second-order valence-electron chi connectivity index (χ2n) is 5.41. The summed E-state index contributed by atoms with van der Waals surface area (Å²) in [5, 5.41) is 25.1. The molecule has 0 aliphatic rings. The van der Waals surface area contributed by atoms with Crippen LogP contribution in [0.3, 0.4) is 0 Å². The number of aromatic nitrogens is 2. The van der Waals surface area contributed by atoms with Crippen LogP contribution in [0.2, 0.25) is 0 Å². The minimum atomic E-state index is -0.774. The molecule has 10 nitrogen and oxygen atoms in total. The van der Waals surface area contributed by atoms with E-state index in [-0.39, 0.29) is 23.3 Å². The highest BCUT2D eigenvalue weighted by atomic mass is 16.6. The molecular formula is C17H14N4O6. The van der Waals surface area contributed by atoms with Crippen molar-refractivity contribution < 1.29 is 14.8 Å². The molecule has 0 radical (unpaired) electrons. The standard InChI is InChI=1S/C17H14N4O6/c1-2-27-14-8-10(7-13(15(14)22)21(25)26)9-18-20-16(23)11-5-3-4-6-12(11)19-17(20)24/h3-9,22H,2H2,1H3,(H,19,24)/b18-9+. The number of nitro groups is 1. The number of aromatic amines is 1. The Hall–Kier alpha value is -3.95. The number of phenols is 1. The van der Waals surface area contributed by atoms with Crippen molar-refractivity contribution in [1.29, 1.82) is 0 Å². The Labute approximate surface area is 151 Å². The number of nitrogens with one attached hydrogen (secondary N) is 1. The second-order valence-corrected chi connectivity index (χ2v) is 5.41. The largest absolute Gasteiger partial charge is 0.500 e. The quantitative estimate of drug-likeness (QED) is 0.397. The fraction of sp³-hybridized carbons (Fsp3) is 0.118. The van der Waals surface area contributed by atoms with Gasteiger partial charge >= 0.3 is 11.4 Å². The van der Waals surface area contributed by atoms with E-state index in [9.17, 15) is 24.8 Å². The predicted molar refractivity (Wildman–Crippen MR) is 97.8 cm³/mol. The van der Waals surface area contributed by atoms with Gasteiger partial charge in [-0.25, -0.2) is 4.79 Å². The van der Waals surface area contributed by atoms with Crippen molar-refractivity contribution in [1.82, 2.24) is 9.66 Å². The molecule has 0 fully saturated rings. The van der Waals surface area contributed by atoms with E-state index in [2.05, 4.69) is 10.1 Å². The molecule has 138 valence electrons. The van der Waals surface area contributed by atoms with Gasteiger partial charge in [0.05, 0.1) is 28.6 Å². The minimum absolute atomic E-state index is 0.104. The van der Waals surface area contributed by atoms with Gasteiger partial charge in [-0.15, -0.1) is 4.68 Å². The third-order valence-corrected chi connectivity index (χ3v) is 3.68. The molecule has 0 bridgehead atoms. The number of H-pyrrole nitrogens is 1. The van der Waals surface area contributed by atoms with Crippen LogP contribution in [0.25, 0.3) is 10.9 Å². The molecule has 0 saturated carbocycles. The van der Waals surface area contributed by atoms with Gasteiger partial charge in [-0.05, 0) is 25.1 Å². The van der Waals surface area contributed by atoms with E-state index >= 15 is 0 Å². The Kier molecular flexibility index (Phi) is 4.71. The van der Waals surface area contributed by atoms with Gasteiger partial charge in [0.15, 0.2) is 5.75 Å². The molecule has 0 saturated heterocycles. The zero-order chi connectivity index (χ0) is 19.6. The first-order valence-electron chi connectivity index (χ1n) is 7.85. The molecule has 0 aliphatic heterocycles. The first-order chi connectivity index (χ1) is 12.9. The Morgan fingerprint density at radius 3 is 2.78 bits per heavy atom. The van der Waals surface area contributed by atoms with E-state index in [1.165, 1.54) is 12.1 Å². The normalized spacial score (nSPS) is 11.1. The summed E-state index contributed by atoms with van der Waals surface area (Å²) in [6, 6.07) is 8.82. The van der Waals surface area contributed by atoms with Crippen LogP contribution < -0.4 is 16.0 Å². The maximum absolute atomic E-state index is 12.4. The van der Waals surface area contributed by atoms with Crippen LogP contribution in [-0.2, 0) is 0 Å². The van der Waals surface area contributed by atoms with Gasteiger partial charge in [0.2, 0.25) is 5.75 Å². The van der Waals surface area contributed by atoms with Crippen molar-refractivity contribution in [2.24, 2.45) is 5.10 Å². The number of nitrogens with zero attached hydrogens (tertiary/aromatic N) is 3. The average molecular weight is 370 g/mol. The molecule has 10 heteroatoms. The van der Waals surface area contributed by atoms with Gasteiger partial charge in [-0.3, -0.25) is 14.9 Å². The number of benzene rings is 2. The lowest BCUT2D eigenvalue weighted by Crippen LogP contribution is -2.32. The monoisotopic (exact) mass is 370 g/mol. The number of hydrogen-bond acceptors (Lipinski definition) is 7. The van der Waals surface area contributed by atoms with Gasteiger partial charge in [0.25, 0.3) is 5.56 Å². The molecule has 3 aromatic rings. The van der Waals surface area contributed by atoms with Crippen LogP contribution in [0.4, 0.5) is 5.69 Å². The Balaban J connectivity index is 2.11. The van der Waals surface area contributed by atoms with Crippen LogP contribution >= 0.6 is 0 Å². The number of aromatic hydroxyl groups is 1. The molecular weight excluding hydrogens is 356 g/mol. The van der Waals surface area contributed by atoms with Gasteiger partial charge in [0.1, 0.15) is 0 Å². The summed E-state index contributed by atoms with van der Waals surface area (Å²) >= 11 is 0. The number of para-hydroxylation sites is 1. The topological polar surface area (TPSA) is 140 Å². The number of phenolic OH excluding ortho intramolecular Hbond substituents is 1. The molecule has 0 spiro atoms. The summed E-state index contributed by atoms with van der Waals surface area (Å²) in [6.45, 7) is 1.83. The van der Waals surface area contributed by atoms with Crippen molar-refractivity contribution in [2.45, 2.75) is 6.92 Å². The molecule has 2 N–H and O–H groups in total. The lowest BCUT2D eigenvalue weighted by Gasteiger charge is -2.07. The third kappa shape index (κ3) is 3.40. The Morgan fingerprint density at radius 1 is 1.33 bits per heavy atom. The van der Waals surface area contributed by atoms with Crippen LogP contribution in [0.1, 0.15) is 12.5 Å². The van der Waals surface area contributed by atoms with Crippen LogP contribution in [0.5, 0.6) is 11.5 Å². The maximum Gasteiger partial charge on any atom is 0.349 e. The molecule has 2 aromatic carbocycles. The molecule has 0 aliphatic carbocycles. The van der Waals surface area contributed by atoms with E-state index in [0.717, 1.165) is 12.3 Å². The number of ether oxygens (including phenoxy) is 1. The molecule has 3 rings (SSSR count). The number of rotatable bonds is 5. The second kappa shape index (κ2) is 7.12. The fourth-order valence-electron chi connectivity index (χ4n) is 2.48. The van der Waals surface area contributed by atoms with Gasteiger partial charge in [0, 0.05) is 11.6 Å². The summed E-state index contributed by atoms with van der Waals surface area (Å²) in [5.41, 5.74) is -1.43. The molecule has 1 aromatic heterocycles. The van der Waals surface area contributed by atoms with E-state index in [0.29, 0.717) is 10.2 Å². The lowest BCUT2D eigenvalue weighted by atomic mass is 10.2. The zero-order valence-corrected chi connectivity index (χ0v) is 14.1. The highest BCUT2D eigenvalue weighted by Crippen LogP contribution is 2.36. The highest BCUT2D eigenvalue weighted by molar-refractivity contribution is 5.83. The summed E-state index contributed by atoms with van der Waals surface area (Å²) in [5.74, 6) is -0.715. The summed E-state index contributed by atoms with van der Waals surface area (Å²) < 4.78 is 5.79. The number of nitro benzene ring substituents is 1. The van der Waals surface area contributed by atoms with E-state index in [1.807, 2.05) is 0 Å². The van der Waals surface area contributed by atoms with Crippen molar-refractivity contribution in [3.8, 4) is 11.5 Å². The number of hydrogen-bond donors (Lipinski definition) is 2. The summed E-state index contributed by atoms with van der Waals surface area (Å²) in [4.78, 5) is 37.4. The smallest absolute Gasteiger partial charge is 0.349 e. The summed E-state index contributed by atoms with van der Waals surface area (Å²) in [7, 11) is 0. The van der Waals surface area contributed by atoms with Crippen molar-refractivity contribution in [2.75, 3.05) is 6.61 Å². The van der Waals surface area contributed by atoms with Gasteiger partial charge < -0.3 is 14.8 Å². The first-order valence-corrected chi connectivity index (χ1v) is 7.85. The average Bonchev–Trinajstić information content (AvgIpc) is 2.63. The maximum atomic E-state index is 12.4. The van der Waals surface area contributed by atoms with Crippen LogP contribution in [0, 0.1) is 10.1 Å². The predicted octanol–water partition coefficient (Wildman–Crippen LogP) is 1.58. The minimum Gasteiger partial charge on any atom is -0.500 e. The van der Waals surface area contributed by atoms with Crippen LogP contribution in [-0.4, -0.2) is 32.5 Å². The molecule has 27 heavy (non-hydrogen) atoms. The fourth-order valence-corrected chi connectivity index (χ4v) is 2.48. The Morgan fingerprint density at radius 2 is 2.07 bits per heavy atom. The van der Waals surface area contributed by atoms with Gasteiger partial charge in [-0.2, -0.15) is 5.10 Å². The summed E-state index contributed by atoms with van der Waals surface area (Å²) in [6.07, 6.45) is 1.10. The van der Waals surface area contributed by atoms with Gasteiger partial charge in [-0.1, -0.05) is 12.1 Å². The molecule has 0 amide bonds. The van der Waals surface area contributed by atoms with Crippen molar-refractivity contribution in [3.63, 3.8) is 0 Å². The van der Waals surface area contributed by atoms with E-state index in [1.54, 1.807) is 25.1 Å². The zero-order valence-electron chi connectivity index (χ0n) is 14.1. The van der Waals surface area contributed by atoms with E-state index in [4.69, 9.17) is 4.74 Å². The SMILES string of the molecule is CCOc1cc(/C=N/n2c(=O)[nH]c3ccccc3c2=O)cc([N+](=O)[O-])c1O. The number of fused-ring (bicyclic) bond motifs is 1. The first kappa shape index (κ1) is 17.9. The molecule has 0 atom stereocenters. The highest BCUT2D eigenvalue weighted by Gasteiger charge is 2.19. The van der Waals surface area contributed by atoms with Crippen molar-refractivity contribution in [3.05, 3.63) is 72.9 Å². The van der Waals surface area contributed by atoms with E-state index < -0.39 is 27.6 Å². The molecule has 0 unspecified atom stereocenters. The molecule has 1 heterocycles. The third-order valence-electron chi connectivity index (χ3n) is 3.68. The van der Waals surface area contributed by atoms with Crippen molar-refractivity contribution >= 4 is 22.8 Å².